The maximum atomic E-state index is 2.72. The summed E-state index contributed by atoms with van der Waals surface area (Å²) in [6.07, 6.45) is 54.4. The summed E-state index contributed by atoms with van der Waals surface area (Å²) in [5.74, 6) is 0. The van der Waals surface area contributed by atoms with Crippen LogP contribution in [0.2, 0.25) is 0 Å². The average Bonchev–Trinajstić information content (AvgIpc) is 3.42. The molecule has 0 aliphatic carbocycles. The molecule has 0 saturated carbocycles. The molecule has 44 heavy (non-hydrogen) atoms. The van der Waals surface area contributed by atoms with Crippen molar-refractivity contribution in [3.63, 3.8) is 0 Å². The highest BCUT2D eigenvalue weighted by Gasteiger charge is 2.24. The fourth-order valence-corrected chi connectivity index (χ4v) is 7.25. The van der Waals surface area contributed by atoms with Crippen LogP contribution in [0.3, 0.4) is 0 Å². The summed E-state index contributed by atoms with van der Waals surface area (Å²) in [5, 5.41) is 0. The molecule has 0 aromatic heterocycles. The van der Waals surface area contributed by atoms with Crippen LogP contribution >= 0.6 is 0 Å². The highest BCUT2D eigenvalue weighted by Crippen LogP contribution is 2.24. The summed E-state index contributed by atoms with van der Waals surface area (Å²) >= 11 is 0. The minimum absolute atomic E-state index is 0.639. The predicted molar refractivity (Wildman–Crippen MR) is 200 cm³/mol. The Labute approximate surface area is 280 Å². The lowest BCUT2D eigenvalue weighted by Crippen LogP contribution is -2.39. The molecule has 0 aromatic rings. The van der Waals surface area contributed by atoms with Crippen molar-refractivity contribution in [1.82, 2.24) is 9.80 Å². The number of unbranched alkanes of at least 4 members (excludes halogenated alkanes) is 30. The Morgan fingerprint density at radius 3 is 0.795 bits per heavy atom. The predicted octanol–water partition coefficient (Wildman–Crippen LogP) is 14.7. The van der Waals surface area contributed by atoms with E-state index < -0.39 is 0 Å². The largest absolute Gasteiger partial charge is 0.356 e. The van der Waals surface area contributed by atoms with Gasteiger partial charge < -0.3 is 9.80 Å². The summed E-state index contributed by atoms with van der Waals surface area (Å²) < 4.78 is 0. The van der Waals surface area contributed by atoms with Crippen LogP contribution in [0, 0.1) is 0 Å². The molecule has 0 N–H and O–H groups in total. The maximum Gasteiger partial charge on any atom is 0.101 e. The van der Waals surface area contributed by atoms with Crippen molar-refractivity contribution in [1.29, 1.82) is 0 Å². The molecule has 1 heterocycles. The minimum atomic E-state index is 0.639. The van der Waals surface area contributed by atoms with Gasteiger partial charge in [-0.25, -0.2) is 0 Å². The van der Waals surface area contributed by atoms with Crippen molar-refractivity contribution in [2.45, 2.75) is 245 Å². The Morgan fingerprint density at radius 1 is 0.295 bits per heavy atom. The molecule has 0 radical (unpaired) electrons. The molecule has 2 heteroatoms. The second-order valence-corrected chi connectivity index (χ2v) is 14.6. The number of hydrogen-bond acceptors (Lipinski definition) is 2. The monoisotopic (exact) mass is 617 g/mol. The third-order valence-corrected chi connectivity index (χ3v) is 10.3. The van der Waals surface area contributed by atoms with Gasteiger partial charge in [-0.05, 0) is 25.7 Å². The number of hydrogen-bond donors (Lipinski definition) is 0. The van der Waals surface area contributed by atoms with Crippen LogP contribution in [0.5, 0.6) is 0 Å². The minimum Gasteiger partial charge on any atom is -0.356 e. The summed E-state index contributed by atoms with van der Waals surface area (Å²) in [6, 6.07) is 0. The van der Waals surface area contributed by atoms with E-state index in [1.807, 2.05) is 0 Å². The molecule has 1 atom stereocenters. The summed E-state index contributed by atoms with van der Waals surface area (Å²) in [5.41, 5.74) is 0. The lowest BCUT2D eigenvalue weighted by atomic mass is 10.0. The van der Waals surface area contributed by atoms with E-state index in [1.165, 1.54) is 231 Å². The molecule has 2 nitrogen and oxygen atoms in total. The van der Waals surface area contributed by atoms with Gasteiger partial charge in [0.05, 0.1) is 0 Å². The molecular formula is C42H84N2. The maximum absolute atomic E-state index is 2.72. The molecule has 1 unspecified atom stereocenters. The van der Waals surface area contributed by atoms with Gasteiger partial charge in [0.25, 0.3) is 0 Å². The molecule has 1 rings (SSSR count). The van der Waals surface area contributed by atoms with E-state index in [4.69, 9.17) is 0 Å². The standard InChI is InChI=1S/C42H84N2/c1-4-7-10-13-16-18-20-21-22-23-24-26-28-30-33-36-39-44-41-40-43(38-35-32-15-12-9-6-3)42(44)37-34-31-29-27-25-19-17-14-11-8-5-2/h40-42H,4-39H2,1-3H3. The molecule has 0 bridgehead atoms. The van der Waals surface area contributed by atoms with Gasteiger partial charge in [-0.1, -0.05) is 213 Å². The van der Waals surface area contributed by atoms with Crippen LogP contribution < -0.4 is 0 Å². The Hall–Kier alpha value is -0.660. The summed E-state index contributed by atoms with van der Waals surface area (Å²) in [7, 11) is 0. The third kappa shape index (κ3) is 25.5. The SMILES string of the molecule is CCCCCCCCCCCCCCCCCCN1C=CN(CCCCCCCC)C1CCCCCCCCCCCCC. The first-order valence-electron chi connectivity index (χ1n) is 21.0. The van der Waals surface area contributed by atoms with Crippen LogP contribution in [0.4, 0.5) is 0 Å². The highest BCUT2D eigenvalue weighted by atomic mass is 15.4. The van der Waals surface area contributed by atoms with E-state index in [-0.39, 0.29) is 0 Å². The van der Waals surface area contributed by atoms with Gasteiger partial charge in [-0.3, -0.25) is 0 Å². The second kappa shape index (κ2) is 33.7. The van der Waals surface area contributed by atoms with Gasteiger partial charge in [0, 0.05) is 25.5 Å². The van der Waals surface area contributed by atoms with Gasteiger partial charge in [0.1, 0.15) is 6.17 Å². The van der Waals surface area contributed by atoms with Gasteiger partial charge >= 0.3 is 0 Å². The first kappa shape index (κ1) is 41.4. The van der Waals surface area contributed by atoms with Crippen molar-refractivity contribution in [2.75, 3.05) is 13.1 Å². The molecule has 1 aliphatic rings. The molecule has 0 fully saturated rings. The van der Waals surface area contributed by atoms with Gasteiger partial charge in [0.15, 0.2) is 0 Å². The smallest absolute Gasteiger partial charge is 0.101 e. The van der Waals surface area contributed by atoms with Crippen molar-refractivity contribution in [2.24, 2.45) is 0 Å². The Balaban J connectivity index is 2.14. The van der Waals surface area contributed by atoms with Crippen LogP contribution in [0.1, 0.15) is 239 Å². The molecule has 0 spiro atoms. The molecular weight excluding hydrogens is 532 g/mol. The van der Waals surface area contributed by atoms with Crippen LogP contribution in [0.25, 0.3) is 0 Å². The second-order valence-electron chi connectivity index (χ2n) is 14.6. The van der Waals surface area contributed by atoms with E-state index in [9.17, 15) is 0 Å². The van der Waals surface area contributed by atoms with E-state index in [1.54, 1.807) is 0 Å². The molecule has 1 aliphatic heterocycles. The van der Waals surface area contributed by atoms with Crippen LogP contribution in [0.15, 0.2) is 12.4 Å². The first-order chi connectivity index (χ1) is 21.8. The summed E-state index contributed by atoms with van der Waals surface area (Å²) in [4.78, 5) is 5.43. The van der Waals surface area contributed by atoms with Crippen molar-refractivity contribution in [3.8, 4) is 0 Å². The zero-order chi connectivity index (χ0) is 31.6. The third-order valence-electron chi connectivity index (χ3n) is 10.3. The average molecular weight is 617 g/mol. The van der Waals surface area contributed by atoms with Crippen molar-refractivity contribution >= 4 is 0 Å². The Morgan fingerprint density at radius 2 is 0.523 bits per heavy atom. The van der Waals surface area contributed by atoms with Gasteiger partial charge in [0.2, 0.25) is 0 Å². The zero-order valence-corrected chi connectivity index (χ0v) is 31.1. The Kier molecular flexibility index (Phi) is 31.7. The first-order valence-corrected chi connectivity index (χ1v) is 21.0. The normalized spacial score (nSPS) is 14.8. The zero-order valence-electron chi connectivity index (χ0n) is 31.1. The van der Waals surface area contributed by atoms with Crippen LogP contribution in [-0.2, 0) is 0 Å². The van der Waals surface area contributed by atoms with Crippen molar-refractivity contribution in [3.05, 3.63) is 12.4 Å². The van der Waals surface area contributed by atoms with E-state index in [0.717, 1.165) is 0 Å². The topological polar surface area (TPSA) is 6.48 Å². The number of rotatable bonds is 36. The van der Waals surface area contributed by atoms with E-state index in [0.29, 0.717) is 6.17 Å². The van der Waals surface area contributed by atoms with Gasteiger partial charge in [-0.15, -0.1) is 0 Å². The molecule has 0 saturated heterocycles. The van der Waals surface area contributed by atoms with Gasteiger partial charge in [-0.2, -0.15) is 0 Å². The molecule has 262 valence electrons. The molecule has 0 aromatic carbocycles. The Bertz CT molecular complexity index is 572. The number of nitrogens with zero attached hydrogens (tertiary/aromatic N) is 2. The van der Waals surface area contributed by atoms with Crippen LogP contribution in [-0.4, -0.2) is 29.1 Å². The van der Waals surface area contributed by atoms with E-state index >= 15 is 0 Å². The lowest BCUT2D eigenvalue weighted by molar-refractivity contribution is 0.135. The van der Waals surface area contributed by atoms with E-state index in [2.05, 4.69) is 43.0 Å². The quantitative estimate of drug-likeness (QED) is 0.0646. The highest BCUT2D eigenvalue weighted by molar-refractivity contribution is 4.97. The fourth-order valence-electron chi connectivity index (χ4n) is 7.25. The fraction of sp³-hybridized carbons (Fsp3) is 0.952. The van der Waals surface area contributed by atoms with Crippen molar-refractivity contribution < 1.29 is 0 Å². The lowest BCUT2D eigenvalue weighted by Gasteiger charge is -2.33. The summed E-state index contributed by atoms with van der Waals surface area (Å²) in [6.45, 7) is 9.48. The molecule has 0 amide bonds.